The van der Waals surface area contributed by atoms with Crippen molar-refractivity contribution in [1.29, 1.82) is 0 Å². The van der Waals surface area contributed by atoms with E-state index in [1.54, 1.807) is 6.07 Å². The number of fused-ring (bicyclic) bond motifs is 1. The standard InChI is InChI=1S/C20H19ClFN3/c21-17-4-3-14(10-18(17)22)13-25-8-5-15(6-9-25)19-11-20-16(12-24-19)2-1-7-23-20/h1-4,7,10-12,15H,5-6,8-9,13H2. The summed E-state index contributed by atoms with van der Waals surface area (Å²) in [7, 11) is 0. The zero-order valence-electron chi connectivity index (χ0n) is 13.8. The van der Waals surface area contributed by atoms with Crippen molar-refractivity contribution in [1.82, 2.24) is 14.9 Å². The van der Waals surface area contributed by atoms with Crippen molar-refractivity contribution in [3.8, 4) is 0 Å². The fourth-order valence-electron chi connectivity index (χ4n) is 3.49. The van der Waals surface area contributed by atoms with Crippen LogP contribution in [0, 0.1) is 5.82 Å². The van der Waals surface area contributed by atoms with Gasteiger partial charge in [0.05, 0.1) is 10.5 Å². The maximum atomic E-state index is 13.6. The molecule has 1 aliphatic rings. The number of likely N-dealkylation sites (tertiary alicyclic amines) is 1. The summed E-state index contributed by atoms with van der Waals surface area (Å²) in [6.45, 7) is 2.72. The van der Waals surface area contributed by atoms with Crippen molar-refractivity contribution >= 4 is 22.5 Å². The van der Waals surface area contributed by atoms with Gasteiger partial charge in [-0.15, -0.1) is 0 Å². The Labute approximate surface area is 151 Å². The van der Waals surface area contributed by atoms with Crippen LogP contribution in [0.25, 0.3) is 10.9 Å². The molecule has 0 amide bonds. The van der Waals surface area contributed by atoms with Crippen molar-refractivity contribution in [2.24, 2.45) is 0 Å². The molecular formula is C20H19ClFN3. The predicted octanol–water partition coefficient (Wildman–Crippen LogP) is 4.80. The molecule has 2 aromatic heterocycles. The summed E-state index contributed by atoms with van der Waals surface area (Å²) in [5, 5.41) is 1.26. The summed E-state index contributed by atoms with van der Waals surface area (Å²) in [5.41, 5.74) is 3.10. The summed E-state index contributed by atoms with van der Waals surface area (Å²) in [6, 6.07) is 11.1. The number of pyridine rings is 2. The SMILES string of the molecule is Fc1cc(CN2CCC(c3cc4ncccc4cn3)CC2)ccc1Cl. The molecule has 0 atom stereocenters. The van der Waals surface area contributed by atoms with Crippen LogP contribution in [0.3, 0.4) is 0 Å². The maximum absolute atomic E-state index is 13.6. The molecule has 0 unspecified atom stereocenters. The average Bonchev–Trinajstić information content (AvgIpc) is 2.65. The van der Waals surface area contributed by atoms with E-state index in [0.717, 1.165) is 54.6 Å². The monoisotopic (exact) mass is 355 g/mol. The summed E-state index contributed by atoms with van der Waals surface area (Å²) in [5.74, 6) is 0.117. The minimum atomic E-state index is -0.345. The molecular weight excluding hydrogens is 337 g/mol. The molecule has 0 aliphatic carbocycles. The van der Waals surface area contributed by atoms with Gasteiger partial charge in [0.25, 0.3) is 0 Å². The van der Waals surface area contributed by atoms with Gasteiger partial charge in [-0.05, 0) is 61.8 Å². The van der Waals surface area contributed by atoms with Crippen LogP contribution in [0.5, 0.6) is 0 Å². The minimum Gasteiger partial charge on any atom is -0.299 e. The number of nitrogens with zero attached hydrogens (tertiary/aromatic N) is 3. The second kappa shape index (κ2) is 7.06. The molecule has 1 aliphatic heterocycles. The molecule has 3 heterocycles. The van der Waals surface area contributed by atoms with Crippen LogP contribution in [0.15, 0.2) is 48.8 Å². The highest BCUT2D eigenvalue weighted by atomic mass is 35.5. The summed E-state index contributed by atoms with van der Waals surface area (Å²) in [6.07, 6.45) is 5.85. The van der Waals surface area contributed by atoms with E-state index in [9.17, 15) is 4.39 Å². The third kappa shape index (κ3) is 3.65. The van der Waals surface area contributed by atoms with Crippen molar-refractivity contribution < 1.29 is 4.39 Å². The predicted molar refractivity (Wildman–Crippen MR) is 98.2 cm³/mol. The Hall–Kier alpha value is -2.04. The normalized spacial score (nSPS) is 16.4. The van der Waals surface area contributed by atoms with Crippen LogP contribution in [0.2, 0.25) is 5.02 Å². The van der Waals surface area contributed by atoms with Gasteiger partial charge in [0.1, 0.15) is 5.82 Å². The number of aromatic nitrogens is 2. The topological polar surface area (TPSA) is 29.0 Å². The van der Waals surface area contributed by atoms with E-state index < -0.39 is 0 Å². The highest BCUT2D eigenvalue weighted by Crippen LogP contribution is 2.29. The number of hydrogen-bond acceptors (Lipinski definition) is 3. The average molecular weight is 356 g/mol. The largest absolute Gasteiger partial charge is 0.299 e. The van der Waals surface area contributed by atoms with Gasteiger partial charge in [-0.25, -0.2) is 4.39 Å². The first-order valence-electron chi connectivity index (χ1n) is 8.56. The maximum Gasteiger partial charge on any atom is 0.142 e. The van der Waals surface area contributed by atoms with Crippen LogP contribution >= 0.6 is 11.6 Å². The van der Waals surface area contributed by atoms with Gasteiger partial charge in [-0.2, -0.15) is 0 Å². The van der Waals surface area contributed by atoms with Crippen molar-refractivity contribution in [2.75, 3.05) is 13.1 Å². The van der Waals surface area contributed by atoms with Crippen LogP contribution in [0.4, 0.5) is 4.39 Å². The smallest absolute Gasteiger partial charge is 0.142 e. The van der Waals surface area contributed by atoms with E-state index in [0.29, 0.717) is 5.92 Å². The number of rotatable bonds is 3. The van der Waals surface area contributed by atoms with E-state index in [1.165, 1.54) is 6.07 Å². The van der Waals surface area contributed by atoms with Gasteiger partial charge >= 0.3 is 0 Å². The number of piperidine rings is 1. The molecule has 0 spiro atoms. The van der Waals surface area contributed by atoms with E-state index >= 15 is 0 Å². The molecule has 0 bridgehead atoms. The number of hydrogen-bond donors (Lipinski definition) is 0. The van der Waals surface area contributed by atoms with E-state index in [2.05, 4.69) is 20.9 Å². The molecule has 5 heteroatoms. The zero-order valence-corrected chi connectivity index (χ0v) is 14.6. The molecule has 1 aromatic carbocycles. The van der Waals surface area contributed by atoms with Gasteiger partial charge in [-0.3, -0.25) is 14.9 Å². The molecule has 25 heavy (non-hydrogen) atoms. The second-order valence-electron chi connectivity index (χ2n) is 6.60. The van der Waals surface area contributed by atoms with Crippen molar-refractivity contribution in [2.45, 2.75) is 25.3 Å². The van der Waals surface area contributed by atoms with Crippen LogP contribution in [0.1, 0.15) is 30.0 Å². The van der Waals surface area contributed by atoms with E-state index in [-0.39, 0.29) is 10.8 Å². The van der Waals surface area contributed by atoms with Crippen molar-refractivity contribution in [3.63, 3.8) is 0 Å². The molecule has 3 aromatic rings. The van der Waals surface area contributed by atoms with Crippen molar-refractivity contribution in [3.05, 3.63) is 70.9 Å². The first-order valence-corrected chi connectivity index (χ1v) is 8.94. The molecule has 3 nitrogen and oxygen atoms in total. The summed E-state index contributed by atoms with van der Waals surface area (Å²) in [4.78, 5) is 11.4. The Morgan fingerprint density at radius 2 is 1.96 bits per heavy atom. The lowest BCUT2D eigenvalue weighted by Gasteiger charge is -2.31. The Kier molecular flexibility index (Phi) is 4.64. The van der Waals surface area contributed by atoms with Gasteiger partial charge in [0, 0.05) is 35.9 Å². The lowest BCUT2D eigenvalue weighted by Crippen LogP contribution is -2.32. The molecule has 0 N–H and O–H groups in total. The van der Waals surface area contributed by atoms with E-state index in [4.69, 9.17) is 11.6 Å². The third-order valence-electron chi connectivity index (χ3n) is 4.90. The molecule has 0 saturated carbocycles. The first kappa shape index (κ1) is 16.4. The first-order chi connectivity index (χ1) is 12.2. The second-order valence-corrected chi connectivity index (χ2v) is 7.01. The molecule has 1 saturated heterocycles. The summed E-state index contributed by atoms with van der Waals surface area (Å²) < 4.78 is 13.6. The number of benzene rings is 1. The highest BCUT2D eigenvalue weighted by Gasteiger charge is 2.22. The van der Waals surface area contributed by atoms with Gasteiger partial charge in [-0.1, -0.05) is 17.7 Å². The van der Waals surface area contributed by atoms with Gasteiger partial charge in [0.2, 0.25) is 0 Å². The molecule has 4 rings (SSSR count). The Balaban J connectivity index is 1.41. The van der Waals surface area contributed by atoms with Gasteiger partial charge < -0.3 is 0 Å². The quantitative estimate of drug-likeness (QED) is 0.675. The Morgan fingerprint density at radius 3 is 2.76 bits per heavy atom. The summed E-state index contributed by atoms with van der Waals surface area (Å²) >= 11 is 5.75. The van der Waals surface area contributed by atoms with Crippen LogP contribution < -0.4 is 0 Å². The van der Waals surface area contributed by atoms with E-state index in [1.807, 2.05) is 30.6 Å². The Morgan fingerprint density at radius 1 is 1.12 bits per heavy atom. The van der Waals surface area contributed by atoms with Crippen LogP contribution in [-0.2, 0) is 6.54 Å². The van der Waals surface area contributed by atoms with Crippen LogP contribution in [-0.4, -0.2) is 28.0 Å². The van der Waals surface area contributed by atoms with Gasteiger partial charge in [0.15, 0.2) is 0 Å². The molecule has 0 radical (unpaired) electrons. The Bertz CT molecular complexity index is 891. The fourth-order valence-corrected chi connectivity index (χ4v) is 3.60. The molecule has 1 fully saturated rings. The zero-order chi connectivity index (χ0) is 17.2. The third-order valence-corrected chi connectivity index (χ3v) is 5.21. The minimum absolute atomic E-state index is 0.179. The lowest BCUT2D eigenvalue weighted by molar-refractivity contribution is 0.203. The highest BCUT2D eigenvalue weighted by molar-refractivity contribution is 6.30. The number of halogens is 2. The molecule has 128 valence electrons. The fraction of sp³-hybridized carbons (Fsp3) is 0.300. The lowest BCUT2D eigenvalue weighted by atomic mass is 9.92.